The number of hydrogen-bond donors (Lipinski definition) is 1. The van der Waals surface area contributed by atoms with Gasteiger partial charge in [0.1, 0.15) is 18.5 Å². The van der Waals surface area contributed by atoms with Crippen LogP contribution < -0.4 is 9.04 Å². The van der Waals surface area contributed by atoms with E-state index in [4.69, 9.17) is 4.74 Å². The Hall–Kier alpha value is -2.05. The van der Waals surface area contributed by atoms with Gasteiger partial charge in [-0.1, -0.05) is 35.9 Å². The molecule has 0 aliphatic rings. The summed E-state index contributed by atoms with van der Waals surface area (Å²) in [5.74, 6) is 0.681. The zero-order valence-corrected chi connectivity index (χ0v) is 16.8. The minimum absolute atomic E-state index is 0.0147. The highest BCUT2D eigenvalue weighted by Gasteiger charge is 2.24. The van der Waals surface area contributed by atoms with Crippen LogP contribution in [0.5, 0.6) is 5.75 Å². The molecule has 142 valence electrons. The normalized spacial score (nSPS) is 12.7. The monoisotopic (exact) mass is 377 g/mol. The molecule has 0 heterocycles. The van der Waals surface area contributed by atoms with Gasteiger partial charge in [0.05, 0.1) is 18.5 Å². The van der Waals surface area contributed by atoms with E-state index in [-0.39, 0.29) is 13.2 Å². The van der Waals surface area contributed by atoms with Crippen molar-refractivity contribution in [3.8, 4) is 5.75 Å². The third-order valence-corrected chi connectivity index (χ3v) is 5.32. The van der Waals surface area contributed by atoms with E-state index in [0.29, 0.717) is 11.4 Å². The second-order valence-corrected chi connectivity index (χ2v) is 8.68. The van der Waals surface area contributed by atoms with Gasteiger partial charge in [-0.15, -0.1) is 0 Å². The van der Waals surface area contributed by atoms with Gasteiger partial charge in [-0.05, 0) is 50.5 Å². The van der Waals surface area contributed by atoms with Crippen molar-refractivity contribution in [2.45, 2.75) is 33.8 Å². The van der Waals surface area contributed by atoms with Gasteiger partial charge in [-0.2, -0.15) is 0 Å². The van der Waals surface area contributed by atoms with Crippen molar-refractivity contribution in [3.05, 3.63) is 58.7 Å². The van der Waals surface area contributed by atoms with Crippen LogP contribution in [0.4, 0.5) is 5.69 Å². The molecule has 0 aliphatic carbocycles. The lowest BCUT2D eigenvalue weighted by Crippen LogP contribution is -2.40. The molecule has 0 saturated heterocycles. The first-order chi connectivity index (χ1) is 12.1. The van der Waals surface area contributed by atoms with Crippen LogP contribution in [0.15, 0.2) is 36.4 Å². The van der Waals surface area contributed by atoms with E-state index in [0.717, 1.165) is 28.5 Å². The molecule has 0 fully saturated rings. The third kappa shape index (κ3) is 4.99. The van der Waals surface area contributed by atoms with Crippen LogP contribution in [-0.2, 0) is 10.0 Å². The standard InChI is InChI=1S/C20H27NO4S/c1-14-10-16(3)20(17(4)11-14)21(26(5,23)24)12-18(22)13-25-19-9-7-6-8-15(19)2/h6-11,18,22H,12-13H2,1-5H3/t18-/m0/s1. The predicted molar refractivity (Wildman–Crippen MR) is 106 cm³/mol. The molecule has 2 aromatic carbocycles. The maximum Gasteiger partial charge on any atom is 0.232 e. The number of nitrogens with zero attached hydrogens (tertiary/aromatic N) is 1. The SMILES string of the molecule is Cc1cc(C)c(N(C[C@H](O)COc2ccccc2C)S(C)(=O)=O)c(C)c1. The molecule has 0 saturated carbocycles. The van der Waals surface area contributed by atoms with E-state index >= 15 is 0 Å². The number of para-hydroxylation sites is 1. The lowest BCUT2D eigenvalue weighted by Gasteiger charge is -2.28. The molecule has 0 radical (unpaired) electrons. The van der Waals surface area contributed by atoms with Gasteiger partial charge in [-0.25, -0.2) is 8.42 Å². The van der Waals surface area contributed by atoms with E-state index < -0.39 is 16.1 Å². The zero-order chi connectivity index (χ0) is 19.5. The Balaban J connectivity index is 2.20. The van der Waals surface area contributed by atoms with E-state index in [1.807, 2.05) is 64.1 Å². The summed E-state index contributed by atoms with van der Waals surface area (Å²) in [6.45, 7) is 7.60. The summed E-state index contributed by atoms with van der Waals surface area (Å²) in [7, 11) is -3.54. The number of hydrogen-bond acceptors (Lipinski definition) is 4. The van der Waals surface area contributed by atoms with Crippen molar-refractivity contribution in [2.75, 3.05) is 23.7 Å². The first-order valence-electron chi connectivity index (χ1n) is 8.51. The van der Waals surface area contributed by atoms with Gasteiger partial charge in [0, 0.05) is 0 Å². The molecule has 0 amide bonds. The topological polar surface area (TPSA) is 66.8 Å². The van der Waals surface area contributed by atoms with Gasteiger partial charge in [0.15, 0.2) is 0 Å². The molecule has 5 nitrogen and oxygen atoms in total. The fourth-order valence-electron chi connectivity index (χ4n) is 3.11. The lowest BCUT2D eigenvalue weighted by atomic mass is 10.0. The molecule has 0 unspecified atom stereocenters. The zero-order valence-electron chi connectivity index (χ0n) is 16.0. The summed E-state index contributed by atoms with van der Waals surface area (Å²) in [6.07, 6.45) is 0.199. The molecule has 6 heteroatoms. The van der Waals surface area contributed by atoms with E-state index in [1.165, 1.54) is 4.31 Å². The van der Waals surface area contributed by atoms with Gasteiger partial charge in [0.2, 0.25) is 10.0 Å². The Kier molecular flexibility index (Phi) is 6.31. The van der Waals surface area contributed by atoms with Crippen molar-refractivity contribution in [1.82, 2.24) is 0 Å². The quantitative estimate of drug-likeness (QED) is 0.805. The van der Waals surface area contributed by atoms with Crippen LogP contribution in [0, 0.1) is 27.7 Å². The molecule has 1 N–H and O–H groups in total. The molecule has 1 atom stereocenters. The van der Waals surface area contributed by atoms with Crippen molar-refractivity contribution in [1.29, 1.82) is 0 Å². The van der Waals surface area contributed by atoms with Gasteiger partial charge in [-0.3, -0.25) is 4.31 Å². The summed E-state index contributed by atoms with van der Waals surface area (Å²) < 4.78 is 31.6. The highest BCUT2D eigenvalue weighted by molar-refractivity contribution is 7.92. The van der Waals surface area contributed by atoms with E-state index in [2.05, 4.69) is 0 Å². The van der Waals surface area contributed by atoms with Crippen LogP contribution in [-0.4, -0.2) is 39.0 Å². The minimum Gasteiger partial charge on any atom is -0.491 e. The second kappa shape index (κ2) is 8.10. The summed E-state index contributed by atoms with van der Waals surface area (Å²) >= 11 is 0. The minimum atomic E-state index is -3.54. The van der Waals surface area contributed by atoms with Gasteiger partial charge >= 0.3 is 0 Å². The average Bonchev–Trinajstić information content (AvgIpc) is 2.51. The smallest absolute Gasteiger partial charge is 0.232 e. The number of sulfonamides is 1. The molecule has 2 aromatic rings. The first kappa shape index (κ1) is 20.3. The summed E-state index contributed by atoms with van der Waals surface area (Å²) in [4.78, 5) is 0. The first-order valence-corrected chi connectivity index (χ1v) is 10.4. The number of aliphatic hydroxyl groups is 1. The fraction of sp³-hybridized carbons (Fsp3) is 0.400. The summed E-state index contributed by atoms with van der Waals surface area (Å²) in [5.41, 5.74) is 4.37. The number of benzene rings is 2. The number of aryl methyl sites for hydroxylation is 4. The molecule has 0 aliphatic heterocycles. The maximum atomic E-state index is 12.4. The van der Waals surface area contributed by atoms with Crippen LogP contribution in [0.1, 0.15) is 22.3 Å². The molecular formula is C20H27NO4S. The fourth-order valence-corrected chi connectivity index (χ4v) is 4.17. The van der Waals surface area contributed by atoms with E-state index in [1.54, 1.807) is 0 Å². The Morgan fingerprint density at radius 2 is 1.62 bits per heavy atom. The Morgan fingerprint density at radius 1 is 1.04 bits per heavy atom. The molecule has 0 bridgehead atoms. The number of rotatable bonds is 7. The van der Waals surface area contributed by atoms with Crippen molar-refractivity contribution in [2.24, 2.45) is 0 Å². The largest absolute Gasteiger partial charge is 0.491 e. The average molecular weight is 378 g/mol. The molecular weight excluding hydrogens is 350 g/mol. The van der Waals surface area contributed by atoms with Gasteiger partial charge in [0.25, 0.3) is 0 Å². The Morgan fingerprint density at radius 3 is 2.15 bits per heavy atom. The summed E-state index contributed by atoms with van der Waals surface area (Å²) in [5, 5.41) is 10.4. The van der Waals surface area contributed by atoms with Crippen molar-refractivity contribution < 1.29 is 18.3 Å². The van der Waals surface area contributed by atoms with Crippen molar-refractivity contribution in [3.63, 3.8) is 0 Å². The van der Waals surface area contributed by atoms with Crippen LogP contribution in [0.25, 0.3) is 0 Å². The highest BCUT2D eigenvalue weighted by Crippen LogP contribution is 2.28. The highest BCUT2D eigenvalue weighted by atomic mass is 32.2. The third-order valence-electron chi connectivity index (χ3n) is 4.19. The van der Waals surface area contributed by atoms with Crippen LogP contribution >= 0.6 is 0 Å². The maximum absolute atomic E-state index is 12.4. The number of ether oxygens (including phenoxy) is 1. The Labute approximate surface area is 156 Å². The molecule has 0 spiro atoms. The second-order valence-electron chi connectivity index (χ2n) is 6.77. The van der Waals surface area contributed by atoms with Crippen LogP contribution in [0.2, 0.25) is 0 Å². The van der Waals surface area contributed by atoms with Crippen molar-refractivity contribution >= 4 is 15.7 Å². The summed E-state index contributed by atoms with van der Waals surface area (Å²) in [6, 6.07) is 11.4. The lowest BCUT2D eigenvalue weighted by molar-refractivity contribution is 0.114. The van der Waals surface area contributed by atoms with E-state index in [9.17, 15) is 13.5 Å². The molecule has 26 heavy (non-hydrogen) atoms. The molecule has 2 rings (SSSR count). The number of aliphatic hydroxyl groups excluding tert-OH is 1. The van der Waals surface area contributed by atoms with Gasteiger partial charge < -0.3 is 9.84 Å². The van der Waals surface area contributed by atoms with Crippen LogP contribution in [0.3, 0.4) is 0 Å². The Bertz CT molecular complexity index is 854. The molecule has 0 aromatic heterocycles. The number of anilines is 1. The predicted octanol–water partition coefficient (Wildman–Crippen LogP) is 3.13.